The summed E-state index contributed by atoms with van der Waals surface area (Å²) in [4.78, 5) is 68.1. The Bertz CT molecular complexity index is 1670. The molecule has 0 aliphatic carbocycles. The highest BCUT2D eigenvalue weighted by Crippen LogP contribution is 2.21. The van der Waals surface area contributed by atoms with Crippen LogP contribution in [0, 0.1) is 5.92 Å². The minimum atomic E-state index is -0.557. The molecule has 0 saturated heterocycles. The van der Waals surface area contributed by atoms with Crippen molar-refractivity contribution >= 4 is 52.2 Å². The van der Waals surface area contributed by atoms with Gasteiger partial charge in [-0.25, -0.2) is 14.8 Å². The molecule has 3 aromatic rings. The smallest absolute Gasteiger partial charge is 0.407 e. The molecule has 17 heteroatoms. The zero-order valence-corrected chi connectivity index (χ0v) is 32.0. The quantitative estimate of drug-likeness (QED) is 0.0759. The van der Waals surface area contributed by atoms with Gasteiger partial charge in [-0.2, -0.15) is 9.97 Å². The zero-order valence-electron chi connectivity index (χ0n) is 32.0. The molecule has 0 radical (unpaired) electrons. The molecule has 2 heterocycles. The van der Waals surface area contributed by atoms with Crippen molar-refractivity contribution < 1.29 is 38.1 Å². The Morgan fingerprint density at radius 2 is 1.46 bits per heavy atom. The van der Waals surface area contributed by atoms with Crippen molar-refractivity contribution in [2.24, 2.45) is 5.92 Å². The van der Waals surface area contributed by atoms with Crippen LogP contribution in [-0.2, 0) is 35.1 Å². The Morgan fingerprint density at radius 1 is 0.852 bits per heavy atom. The number of ketones is 2. The summed E-state index contributed by atoms with van der Waals surface area (Å²) in [5.74, 6) is -0.853. The van der Waals surface area contributed by atoms with Crippen LogP contribution in [-0.4, -0.2) is 109 Å². The Labute approximate surface area is 316 Å². The second kappa shape index (κ2) is 22.3. The van der Waals surface area contributed by atoms with Crippen LogP contribution in [0.5, 0.6) is 0 Å². The Morgan fingerprint density at radius 3 is 2.07 bits per heavy atom. The number of amides is 2. The van der Waals surface area contributed by atoms with Gasteiger partial charge in [0.2, 0.25) is 11.9 Å². The number of rotatable bonds is 24. The van der Waals surface area contributed by atoms with E-state index in [-0.39, 0.29) is 48.5 Å². The first-order chi connectivity index (χ1) is 25.7. The summed E-state index contributed by atoms with van der Waals surface area (Å²) in [7, 11) is 1.88. The number of nitrogens with zero attached hydrogens (tertiary/aromatic N) is 5. The topological polar surface area (TPSA) is 236 Å². The average molecular weight is 754 g/mol. The summed E-state index contributed by atoms with van der Waals surface area (Å²) < 4.78 is 21.7. The van der Waals surface area contributed by atoms with Crippen LogP contribution in [0.2, 0.25) is 0 Å². The minimum Gasteiger partial charge on any atom is -0.444 e. The molecular formula is C37H55N9O8. The maximum atomic E-state index is 13.1. The molecule has 0 aliphatic heterocycles. The van der Waals surface area contributed by atoms with Crippen molar-refractivity contribution in [2.45, 2.75) is 71.9 Å². The highest BCUT2D eigenvalue weighted by atomic mass is 16.6. The highest BCUT2D eigenvalue weighted by Gasteiger charge is 2.21. The molecule has 0 spiro atoms. The Hall–Kier alpha value is -5.00. The van der Waals surface area contributed by atoms with Crippen LogP contribution in [0.25, 0.3) is 11.2 Å². The van der Waals surface area contributed by atoms with E-state index in [9.17, 15) is 19.2 Å². The molecule has 0 bridgehead atoms. The van der Waals surface area contributed by atoms with Gasteiger partial charge < -0.3 is 45.9 Å². The molecule has 17 nitrogen and oxygen atoms in total. The Balaban J connectivity index is 1.24. The van der Waals surface area contributed by atoms with Crippen LogP contribution < -0.4 is 27.0 Å². The number of nitrogen functional groups attached to an aromatic ring is 2. The van der Waals surface area contributed by atoms with E-state index in [1.807, 2.05) is 44.9 Å². The maximum Gasteiger partial charge on any atom is 0.407 e. The predicted octanol–water partition coefficient (Wildman–Crippen LogP) is 3.25. The van der Waals surface area contributed by atoms with Gasteiger partial charge in [0.25, 0.3) is 0 Å². The van der Waals surface area contributed by atoms with E-state index in [1.54, 1.807) is 18.3 Å². The summed E-state index contributed by atoms with van der Waals surface area (Å²) in [6.45, 7) is 10.9. The van der Waals surface area contributed by atoms with Crippen LogP contribution in [0.1, 0.15) is 75.9 Å². The lowest BCUT2D eigenvalue weighted by Crippen LogP contribution is -2.33. The summed E-state index contributed by atoms with van der Waals surface area (Å²) in [5, 5.41) is 5.52. The third-order valence-electron chi connectivity index (χ3n) is 7.92. The zero-order chi connectivity index (χ0) is 39.5. The van der Waals surface area contributed by atoms with Crippen molar-refractivity contribution in [1.29, 1.82) is 0 Å². The third-order valence-corrected chi connectivity index (χ3v) is 7.92. The van der Waals surface area contributed by atoms with Crippen molar-refractivity contribution in [3.05, 3.63) is 41.7 Å². The average Bonchev–Trinajstić information content (AvgIpc) is 3.11. The fourth-order valence-electron chi connectivity index (χ4n) is 5.10. The molecule has 296 valence electrons. The number of carbonyl (C=O) groups excluding carboxylic acids is 4. The fraction of sp³-hybridized carbons (Fsp3) is 0.568. The number of aromatic nitrogens is 4. The molecule has 1 atom stereocenters. The van der Waals surface area contributed by atoms with Gasteiger partial charge in [-0.15, -0.1) is 0 Å². The van der Waals surface area contributed by atoms with E-state index in [0.29, 0.717) is 94.5 Å². The van der Waals surface area contributed by atoms with Gasteiger partial charge >= 0.3 is 6.09 Å². The third kappa shape index (κ3) is 16.3. The lowest BCUT2D eigenvalue weighted by atomic mass is 9.91. The largest absolute Gasteiger partial charge is 0.444 e. The lowest BCUT2D eigenvalue weighted by Gasteiger charge is -2.19. The van der Waals surface area contributed by atoms with E-state index in [4.69, 9.17) is 30.4 Å². The van der Waals surface area contributed by atoms with Gasteiger partial charge in [-0.3, -0.25) is 14.4 Å². The van der Waals surface area contributed by atoms with Crippen LogP contribution in [0.15, 0.2) is 30.5 Å². The van der Waals surface area contributed by atoms with E-state index in [2.05, 4.69) is 30.6 Å². The number of hydrogen-bond acceptors (Lipinski definition) is 15. The molecule has 2 amide bonds. The number of fused-ring (bicyclic) bond motifs is 1. The van der Waals surface area contributed by atoms with E-state index < -0.39 is 17.6 Å². The molecule has 6 N–H and O–H groups in total. The molecule has 0 saturated carbocycles. The number of alkyl carbamates (subject to hydrolysis) is 1. The standard InChI is InChI=1S/C37H55N9O8/c1-25(47)27(10-13-31(49)40-14-6-16-51-18-20-53-21-19-52-17-7-15-41-36(50)54-37(2,3)4)22-30(48)26-8-11-29(12-9-26)46(5)24-28-23-42-34-32(43-28)33(38)44-35(39)45-34/h8-9,11-12,23,27H,6-7,10,13-22,24H2,1-5H3,(H,40,49)(H,41,50)(H4,38,39,42,44,45). The van der Waals surface area contributed by atoms with Crippen molar-refractivity contribution in [2.75, 3.05) is 76.1 Å². The van der Waals surface area contributed by atoms with Crippen molar-refractivity contribution in [3.8, 4) is 0 Å². The molecular weight excluding hydrogens is 698 g/mol. The first-order valence-corrected chi connectivity index (χ1v) is 18.1. The number of benzene rings is 1. The molecule has 0 fully saturated rings. The first-order valence-electron chi connectivity index (χ1n) is 18.1. The number of hydrogen-bond donors (Lipinski definition) is 4. The molecule has 1 unspecified atom stereocenters. The molecule has 54 heavy (non-hydrogen) atoms. The number of nitrogens with one attached hydrogen (secondary N) is 2. The van der Waals surface area contributed by atoms with Crippen LogP contribution in [0.3, 0.4) is 0 Å². The number of Topliss-reactive ketones (excluding diaryl/α,β-unsaturated/α-hetero) is 2. The van der Waals surface area contributed by atoms with Crippen LogP contribution in [0.4, 0.5) is 22.2 Å². The molecule has 2 aromatic heterocycles. The molecule has 3 rings (SSSR count). The fourth-order valence-corrected chi connectivity index (χ4v) is 5.10. The monoisotopic (exact) mass is 753 g/mol. The van der Waals surface area contributed by atoms with Gasteiger partial charge in [0, 0.05) is 63.4 Å². The lowest BCUT2D eigenvalue weighted by molar-refractivity contribution is -0.123. The van der Waals surface area contributed by atoms with Crippen molar-refractivity contribution in [1.82, 2.24) is 30.6 Å². The number of nitrogens with two attached hydrogens (primary N) is 2. The summed E-state index contributed by atoms with van der Waals surface area (Å²) in [6.07, 6.45) is 2.89. The second-order valence-corrected chi connectivity index (χ2v) is 13.7. The normalized spacial score (nSPS) is 11.9. The van der Waals surface area contributed by atoms with Gasteiger partial charge in [0.1, 0.15) is 11.4 Å². The van der Waals surface area contributed by atoms with E-state index in [0.717, 1.165) is 5.69 Å². The van der Waals surface area contributed by atoms with E-state index >= 15 is 0 Å². The second-order valence-electron chi connectivity index (χ2n) is 13.7. The first kappa shape index (κ1) is 43.4. The van der Waals surface area contributed by atoms with Crippen molar-refractivity contribution in [3.63, 3.8) is 0 Å². The highest BCUT2D eigenvalue weighted by molar-refractivity contribution is 5.99. The number of carbonyl (C=O) groups is 4. The summed E-state index contributed by atoms with van der Waals surface area (Å²) in [5.41, 5.74) is 13.7. The minimum absolute atomic E-state index is 0.0217. The van der Waals surface area contributed by atoms with Gasteiger partial charge in [0.05, 0.1) is 44.9 Å². The maximum absolute atomic E-state index is 13.1. The van der Waals surface area contributed by atoms with Crippen LogP contribution >= 0.6 is 0 Å². The van der Waals surface area contributed by atoms with Gasteiger partial charge in [0.15, 0.2) is 22.8 Å². The summed E-state index contributed by atoms with van der Waals surface area (Å²) >= 11 is 0. The molecule has 0 aliphatic rings. The molecule has 1 aromatic carbocycles. The van der Waals surface area contributed by atoms with Gasteiger partial charge in [-0.05, 0) is 71.2 Å². The number of anilines is 3. The SMILES string of the molecule is CC(=O)C(CCC(=O)NCCCOCCOCCOCCCNC(=O)OC(C)(C)C)CC(=O)c1ccc(N(C)Cc2cnc3nc(N)nc(N)c3n2)cc1. The summed E-state index contributed by atoms with van der Waals surface area (Å²) in [6, 6.07) is 7.09. The van der Waals surface area contributed by atoms with E-state index in [1.165, 1.54) is 6.92 Å². The van der Waals surface area contributed by atoms with Gasteiger partial charge in [-0.1, -0.05) is 0 Å². The Kier molecular flexibility index (Phi) is 17.9. The predicted molar refractivity (Wildman–Crippen MR) is 204 cm³/mol. The number of ether oxygens (including phenoxy) is 4.